The van der Waals surface area contributed by atoms with Gasteiger partial charge in [-0.2, -0.15) is 16.4 Å². The standard InChI is InChI=1S/C11H9N5S/c1-2-4-16-7-10(6-13-15-12)11(14-16)9-3-5-17-8-9/h1,3,5,7-8H,4,6H2. The molecule has 0 aliphatic rings. The van der Waals surface area contributed by atoms with Crippen LogP contribution >= 0.6 is 11.3 Å². The van der Waals surface area contributed by atoms with Crippen LogP contribution in [0.5, 0.6) is 0 Å². The van der Waals surface area contributed by atoms with Gasteiger partial charge in [-0.15, -0.1) is 6.42 Å². The summed E-state index contributed by atoms with van der Waals surface area (Å²) in [6.07, 6.45) is 7.07. The Morgan fingerprint density at radius 1 is 1.65 bits per heavy atom. The van der Waals surface area contributed by atoms with Crippen LogP contribution < -0.4 is 0 Å². The zero-order valence-corrected chi connectivity index (χ0v) is 9.76. The fourth-order valence-electron chi connectivity index (χ4n) is 1.50. The third-order valence-electron chi connectivity index (χ3n) is 2.19. The first-order valence-corrected chi connectivity index (χ1v) is 5.82. The number of hydrogen-bond acceptors (Lipinski definition) is 3. The highest BCUT2D eigenvalue weighted by Crippen LogP contribution is 2.24. The minimum absolute atomic E-state index is 0.284. The molecule has 0 amide bonds. The summed E-state index contributed by atoms with van der Waals surface area (Å²) in [4.78, 5) is 2.76. The van der Waals surface area contributed by atoms with Crippen molar-refractivity contribution in [1.82, 2.24) is 9.78 Å². The van der Waals surface area contributed by atoms with E-state index in [2.05, 4.69) is 21.0 Å². The van der Waals surface area contributed by atoms with Crippen molar-refractivity contribution < 1.29 is 0 Å². The van der Waals surface area contributed by atoms with Crippen molar-refractivity contribution in [2.24, 2.45) is 5.11 Å². The van der Waals surface area contributed by atoms with Crippen LogP contribution in [0.1, 0.15) is 5.56 Å². The van der Waals surface area contributed by atoms with Crippen LogP contribution in [0, 0.1) is 12.3 Å². The van der Waals surface area contributed by atoms with E-state index in [1.54, 1.807) is 16.0 Å². The van der Waals surface area contributed by atoms with Gasteiger partial charge in [0.1, 0.15) is 6.54 Å². The molecule has 0 saturated heterocycles. The van der Waals surface area contributed by atoms with Crippen molar-refractivity contribution in [2.75, 3.05) is 0 Å². The summed E-state index contributed by atoms with van der Waals surface area (Å²) in [6, 6.07) is 1.98. The lowest BCUT2D eigenvalue weighted by Crippen LogP contribution is -1.95. The molecule has 0 saturated carbocycles. The molecule has 84 valence electrons. The molecule has 2 aromatic rings. The lowest BCUT2D eigenvalue weighted by atomic mass is 10.1. The van der Waals surface area contributed by atoms with E-state index in [0.29, 0.717) is 6.54 Å². The highest BCUT2D eigenvalue weighted by atomic mass is 32.1. The second kappa shape index (κ2) is 5.21. The van der Waals surface area contributed by atoms with Crippen LogP contribution in [0.15, 0.2) is 28.1 Å². The summed E-state index contributed by atoms with van der Waals surface area (Å²) in [5.41, 5.74) is 11.1. The van der Waals surface area contributed by atoms with Gasteiger partial charge in [0.05, 0.1) is 12.2 Å². The molecule has 0 N–H and O–H groups in total. The zero-order valence-electron chi connectivity index (χ0n) is 8.95. The number of aromatic nitrogens is 2. The zero-order chi connectivity index (χ0) is 12.1. The Morgan fingerprint density at radius 3 is 3.18 bits per heavy atom. The molecule has 0 unspecified atom stereocenters. The molecule has 6 heteroatoms. The van der Waals surface area contributed by atoms with Gasteiger partial charge in [0.25, 0.3) is 0 Å². The van der Waals surface area contributed by atoms with Crippen molar-refractivity contribution in [3.63, 3.8) is 0 Å². The summed E-state index contributed by atoms with van der Waals surface area (Å²) in [6.45, 7) is 0.694. The summed E-state index contributed by atoms with van der Waals surface area (Å²) in [7, 11) is 0. The summed E-state index contributed by atoms with van der Waals surface area (Å²) < 4.78 is 1.68. The first-order chi connectivity index (χ1) is 8.35. The highest BCUT2D eigenvalue weighted by Gasteiger charge is 2.10. The largest absolute Gasteiger partial charge is 0.260 e. The fraction of sp³-hybridized carbons (Fsp3) is 0.182. The van der Waals surface area contributed by atoms with Crippen molar-refractivity contribution in [3.8, 4) is 23.6 Å². The smallest absolute Gasteiger partial charge is 0.101 e. The number of hydrogen-bond donors (Lipinski definition) is 0. The Bertz CT molecular complexity index is 584. The van der Waals surface area contributed by atoms with Crippen molar-refractivity contribution >= 4 is 11.3 Å². The van der Waals surface area contributed by atoms with Gasteiger partial charge in [-0.3, -0.25) is 4.68 Å². The molecule has 0 bridgehead atoms. The van der Waals surface area contributed by atoms with E-state index in [-0.39, 0.29) is 6.54 Å². The predicted molar refractivity (Wildman–Crippen MR) is 67.2 cm³/mol. The minimum atomic E-state index is 0.284. The fourth-order valence-corrected chi connectivity index (χ4v) is 2.14. The van der Waals surface area contributed by atoms with E-state index in [0.717, 1.165) is 16.8 Å². The first kappa shape index (κ1) is 11.3. The molecule has 0 aromatic carbocycles. The van der Waals surface area contributed by atoms with Gasteiger partial charge in [0, 0.05) is 27.6 Å². The van der Waals surface area contributed by atoms with Gasteiger partial charge in [-0.05, 0) is 17.0 Å². The lowest BCUT2D eigenvalue weighted by molar-refractivity contribution is 0.717. The third-order valence-corrected chi connectivity index (χ3v) is 2.87. The van der Waals surface area contributed by atoms with Crippen molar-refractivity contribution in [1.29, 1.82) is 0 Å². The number of rotatable bonds is 4. The minimum Gasteiger partial charge on any atom is -0.260 e. The molecule has 0 spiro atoms. The molecule has 0 fully saturated rings. The molecule has 5 nitrogen and oxygen atoms in total. The van der Waals surface area contributed by atoms with Gasteiger partial charge >= 0.3 is 0 Å². The normalized spacial score (nSPS) is 9.59. The Labute approximate surface area is 102 Å². The van der Waals surface area contributed by atoms with Crippen LogP contribution in [0.2, 0.25) is 0 Å². The van der Waals surface area contributed by atoms with Gasteiger partial charge in [0.2, 0.25) is 0 Å². The maximum atomic E-state index is 8.36. The van der Waals surface area contributed by atoms with E-state index in [4.69, 9.17) is 12.0 Å². The monoisotopic (exact) mass is 243 g/mol. The van der Waals surface area contributed by atoms with Crippen LogP contribution in [0.4, 0.5) is 0 Å². The third kappa shape index (κ3) is 2.48. The molecule has 0 aliphatic carbocycles. The van der Waals surface area contributed by atoms with Crippen LogP contribution in [-0.2, 0) is 13.1 Å². The molecule has 0 radical (unpaired) electrons. The summed E-state index contributed by atoms with van der Waals surface area (Å²) in [5.74, 6) is 2.53. The molecular formula is C11H9N5S. The Hall–Kier alpha value is -2.22. The van der Waals surface area contributed by atoms with E-state index in [1.165, 1.54) is 0 Å². The Morgan fingerprint density at radius 2 is 2.53 bits per heavy atom. The van der Waals surface area contributed by atoms with E-state index in [9.17, 15) is 0 Å². The molecule has 2 heterocycles. The number of azide groups is 1. The van der Waals surface area contributed by atoms with Crippen molar-refractivity contribution in [3.05, 3.63) is 39.0 Å². The second-order valence-electron chi connectivity index (χ2n) is 3.31. The summed E-state index contributed by atoms with van der Waals surface area (Å²) in [5, 5.41) is 11.9. The van der Waals surface area contributed by atoms with Crippen LogP contribution in [-0.4, -0.2) is 9.78 Å². The second-order valence-corrected chi connectivity index (χ2v) is 4.09. The molecule has 0 atom stereocenters. The predicted octanol–water partition coefficient (Wildman–Crippen LogP) is 3.06. The topological polar surface area (TPSA) is 66.6 Å². The lowest BCUT2D eigenvalue weighted by Gasteiger charge is -1.94. The molecule has 2 aromatic heterocycles. The highest BCUT2D eigenvalue weighted by molar-refractivity contribution is 7.08. The Balaban J connectivity index is 2.41. The Kier molecular flexibility index (Phi) is 3.46. The van der Waals surface area contributed by atoms with E-state index >= 15 is 0 Å². The number of thiophene rings is 1. The quantitative estimate of drug-likeness (QED) is 0.352. The maximum Gasteiger partial charge on any atom is 0.101 e. The molecular weight excluding hydrogens is 234 g/mol. The average molecular weight is 243 g/mol. The molecule has 2 rings (SSSR count). The van der Waals surface area contributed by atoms with Crippen molar-refractivity contribution in [2.45, 2.75) is 13.1 Å². The number of nitrogens with zero attached hydrogens (tertiary/aromatic N) is 5. The maximum absolute atomic E-state index is 8.36. The molecule has 17 heavy (non-hydrogen) atoms. The first-order valence-electron chi connectivity index (χ1n) is 4.88. The summed E-state index contributed by atoms with van der Waals surface area (Å²) >= 11 is 1.60. The van der Waals surface area contributed by atoms with Gasteiger partial charge in [-0.1, -0.05) is 11.0 Å². The van der Waals surface area contributed by atoms with E-state index in [1.807, 2.05) is 23.0 Å². The van der Waals surface area contributed by atoms with Gasteiger partial charge in [0.15, 0.2) is 0 Å². The van der Waals surface area contributed by atoms with Gasteiger partial charge < -0.3 is 0 Å². The molecule has 0 aliphatic heterocycles. The van der Waals surface area contributed by atoms with Crippen LogP contribution in [0.3, 0.4) is 0 Å². The van der Waals surface area contributed by atoms with Crippen LogP contribution in [0.25, 0.3) is 21.7 Å². The number of terminal acetylenes is 1. The van der Waals surface area contributed by atoms with E-state index < -0.39 is 0 Å². The SMILES string of the molecule is C#CCn1cc(CN=[N+]=[N-])c(-c2ccsc2)n1. The average Bonchev–Trinajstić information content (AvgIpc) is 2.95. The van der Waals surface area contributed by atoms with Gasteiger partial charge in [-0.25, -0.2) is 0 Å².